The Hall–Kier alpha value is -3.48. The molecule has 0 unspecified atom stereocenters. The fraction of sp³-hybridized carbons (Fsp3) is 0.200. The lowest BCUT2D eigenvalue weighted by Crippen LogP contribution is -2.11. The summed E-state index contributed by atoms with van der Waals surface area (Å²) in [4.78, 5) is 8.84. The van der Waals surface area contributed by atoms with Gasteiger partial charge in [0.15, 0.2) is 11.6 Å². The van der Waals surface area contributed by atoms with Gasteiger partial charge in [-0.3, -0.25) is 0 Å². The Morgan fingerprint density at radius 1 is 0.815 bits per heavy atom. The zero-order valence-corrected chi connectivity index (χ0v) is 15.4. The molecule has 3 aromatic rings. The van der Waals surface area contributed by atoms with Crippen LogP contribution >= 0.6 is 0 Å². The molecular weight excluding hydrogens is 342 g/mol. The highest BCUT2D eigenvalue weighted by Gasteiger charge is 2.10. The number of hydrogen-bond donors (Lipinski definition) is 3. The van der Waals surface area contributed by atoms with Gasteiger partial charge in [-0.1, -0.05) is 24.3 Å². The van der Waals surface area contributed by atoms with Crippen molar-refractivity contribution < 1.29 is 9.47 Å². The van der Waals surface area contributed by atoms with Gasteiger partial charge in [0.1, 0.15) is 23.0 Å². The summed E-state index contributed by atoms with van der Waals surface area (Å²) >= 11 is 0. The van der Waals surface area contributed by atoms with Gasteiger partial charge in [-0.05, 0) is 35.4 Å². The number of aromatic nitrogens is 2. The second-order valence-electron chi connectivity index (χ2n) is 6.01. The van der Waals surface area contributed by atoms with E-state index in [1.807, 2.05) is 48.5 Å². The van der Waals surface area contributed by atoms with Crippen LogP contribution in [0.1, 0.15) is 17.0 Å². The first-order chi connectivity index (χ1) is 13.1. The van der Waals surface area contributed by atoms with E-state index in [2.05, 4.69) is 15.3 Å². The van der Waals surface area contributed by atoms with Crippen molar-refractivity contribution in [2.75, 3.05) is 31.0 Å². The largest absolute Gasteiger partial charge is 0.497 e. The normalized spacial score (nSPS) is 10.4. The Bertz CT molecular complexity index is 895. The summed E-state index contributed by atoms with van der Waals surface area (Å²) in [6.45, 7) is 0.562. The molecule has 0 fully saturated rings. The summed E-state index contributed by atoms with van der Waals surface area (Å²) in [5.41, 5.74) is 14.5. The average molecular weight is 365 g/mol. The van der Waals surface area contributed by atoms with Crippen LogP contribution in [0, 0.1) is 0 Å². The van der Waals surface area contributed by atoms with E-state index in [-0.39, 0.29) is 5.82 Å². The molecule has 0 atom stereocenters. The molecule has 7 nitrogen and oxygen atoms in total. The molecule has 3 rings (SSSR count). The zero-order chi connectivity index (χ0) is 19.2. The Labute approximate surface area is 158 Å². The molecular formula is C20H23N5O2. The molecule has 1 heterocycles. The smallest absolute Gasteiger partial charge is 0.155 e. The molecule has 0 saturated carbocycles. The van der Waals surface area contributed by atoms with E-state index in [4.69, 9.17) is 20.9 Å². The molecule has 140 valence electrons. The van der Waals surface area contributed by atoms with Crippen LogP contribution in [0.3, 0.4) is 0 Å². The quantitative estimate of drug-likeness (QED) is 0.591. The topological polar surface area (TPSA) is 108 Å². The minimum absolute atomic E-state index is 0.269. The van der Waals surface area contributed by atoms with Crippen molar-refractivity contribution in [3.8, 4) is 11.5 Å². The molecule has 1 aromatic heterocycles. The highest BCUT2D eigenvalue weighted by Crippen LogP contribution is 2.23. The number of hydrogen-bond acceptors (Lipinski definition) is 7. The minimum Gasteiger partial charge on any atom is -0.497 e. The van der Waals surface area contributed by atoms with Gasteiger partial charge in [0.2, 0.25) is 0 Å². The third kappa shape index (κ3) is 4.58. The number of nitrogens with one attached hydrogen (secondary N) is 1. The first kappa shape index (κ1) is 18.3. The second kappa shape index (κ2) is 8.27. The lowest BCUT2D eigenvalue weighted by Gasteiger charge is -2.12. The number of methoxy groups -OCH3 is 2. The Balaban J connectivity index is 1.74. The van der Waals surface area contributed by atoms with Gasteiger partial charge in [-0.25, -0.2) is 9.97 Å². The van der Waals surface area contributed by atoms with E-state index in [1.165, 1.54) is 0 Å². The molecule has 0 spiro atoms. The van der Waals surface area contributed by atoms with Crippen molar-refractivity contribution in [1.29, 1.82) is 0 Å². The van der Waals surface area contributed by atoms with Crippen LogP contribution < -0.4 is 26.3 Å². The molecule has 0 radical (unpaired) electrons. The Morgan fingerprint density at radius 2 is 1.37 bits per heavy atom. The lowest BCUT2D eigenvalue weighted by atomic mass is 10.1. The van der Waals surface area contributed by atoms with Crippen LogP contribution in [0.2, 0.25) is 0 Å². The Morgan fingerprint density at radius 3 is 1.93 bits per heavy atom. The fourth-order valence-electron chi connectivity index (χ4n) is 2.60. The van der Waals surface area contributed by atoms with Crippen LogP contribution in [0.15, 0.2) is 48.5 Å². The van der Waals surface area contributed by atoms with Crippen LogP contribution in [-0.4, -0.2) is 24.2 Å². The van der Waals surface area contributed by atoms with Gasteiger partial charge in [-0.2, -0.15) is 0 Å². The predicted octanol–water partition coefficient (Wildman–Crippen LogP) is 2.86. The zero-order valence-electron chi connectivity index (χ0n) is 15.4. The van der Waals surface area contributed by atoms with Gasteiger partial charge >= 0.3 is 0 Å². The lowest BCUT2D eigenvalue weighted by molar-refractivity contribution is 0.414. The number of nitrogens with zero attached hydrogens (tertiary/aromatic N) is 2. The van der Waals surface area contributed by atoms with Crippen molar-refractivity contribution in [3.05, 3.63) is 65.5 Å². The molecule has 5 N–H and O–H groups in total. The molecule has 0 aliphatic rings. The molecule has 7 heteroatoms. The highest BCUT2D eigenvalue weighted by atomic mass is 16.5. The molecule has 2 aromatic carbocycles. The maximum atomic E-state index is 6.04. The summed E-state index contributed by atoms with van der Waals surface area (Å²) in [6.07, 6.45) is 0.547. The maximum absolute atomic E-state index is 6.04. The highest BCUT2D eigenvalue weighted by molar-refractivity contribution is 5.72. The van der Waals surface area contributed by atoms with E-state index < -0.39 is 0 Å². The van der Waals surface area contributed by atoms with Gasteiger partial charge in [0.25, 0.3) is 0 Å². The standard InChI is InChI=1S/C20H23N5O2/c1-26-15-7-3-13(4-8-15)11-17-24-19(22)18(21)20(25-17)23-12-14-5-9-16(27-2)10-6-14/h3-10H,11-12,21H2,1-2H3,(H3,22,23,24,25). The monoisotopic (exact) mass is 365 g/mol. The molecule has 0 amide bonds. The van der Waals surface area contributed by atoms with Crippen molar-refractivity contribution >= 4 is 17.3 Å². The van der Waals surface area contributed by atoms with Gasteiger partial charge in [0.05, 0.1) is 14.2 Å². The summed E-state index contributed by atoms with van der Waals surface area (Å²) in [6, 6.07) is 15.5. The molecule has 27 heavy (non-hydrogen) atoms. The molecule has 0 aliphatic carbocycles. The van der Waals surface area contributed by atoms with Gasteiger partial charge < -0.3 is 26.3 Å². The number of anilines is 3. The second-order valence-corrected chi connectivity index (χ2v) is 6.01. The summed E-state index contributed by atoms with van der Waals surface area (Å²) in [5, 5.41) is 3.24. The third-order valence-electron chi connectivity index (χ3n) is 4.16. The maximum Gasteiger partial charge on any atom is 0.155 e. The predicted molar refractivity (Wildman–Crippen MR) is 107 cm³/mol. The number of benzene rings is 2. The first-order valence-corrected chi connectivity index (χ1v) is 8.50. The summed E-state index contributed by atoms with van der Waals surface area (Å²) < 4.78 is 10.3. The molecule has 0 aliphatic heterocycles. The van der Waals surface area contributed by atoms with E-state index >= 15 is 0 Å². The van der Waals surface area contributed by atoms with Crippen LogP contribution in [-0.2, 0) is 13.0 Å². The van der Waals surface area contributed by atoms with Crippen molar-refractivity contribution in [2.24, 2.45) is 0 Å². The number of ether oxygens (including phenoxy) is 2. The Kier molecular flexibility index (Phi) is 5.61. The fourth-order valence-corrected chi connectivity index (χ4v) is 2.60. The van der Waals surface area contributed by atoms with E-state index in [9.17, 15) is 0 Å². The first-order valence-electron chi connectivity index (χ1n) is 8.50. The van der Waals surface area contributed by atoms with Gasteiger partial charge in [-0.15, -0.1) is 0 Å². The molecule has 0 bridgehead atoms. The third-order valence-corrected chi connectivity index (χ3v) is 4.16. The number of rotatable bonds is 7. The van der Waals surface area contributed by atoms with Crippen LogP contribution in [0.5, 0.6) is 11.5 Å². The van der Waals surface area contributed by atoms with E-state index in [1.54, 1.807) is 14.2 Å². The summed E-state index contributed by atoms with van der Waals surface area (Å²) in [5.74, 6) is 3.02. The average Bonchev–Trinajstić information content (AvgIpc) is 2.70. The minimum atomic E-state index is 0.269. The van der Waals surface area contributed by atoms with Crippen molar-refractivity contribution in [2.45, 2.75) is 13.0 Å². The van der Waals surface area contributed by atoms with E-state index in [0.717, 1.165) is 22.6 Å². The number of nitrogens with two attached hydrogens (primary N) is 2. The SMILES string of the molecule is COc1ccc(CNc2nc(Cc3ccc(OC)cc3)nc(N)c2N)cc1. The van der Waals surface area contributed by atoms with Crippen molar-refractivity contribution in [3.63, 3.8) is 0 Å². The molecule has 0 saturated heterocycles. The van der Waals surface area contributed by atoms with Gasteiger partial charge in [0, 0.05) is 13.0 Å². The number of nitrogen functional groups attached to an aromatic ring is 2. The van der Waals surface area contributed by atoms with Crippen LogP contribution in [0.4, 0.5) is 17.3 Å². The van der Waals surface area contributed by atoms with Crippen molar-refractivity contribution in [1.82, 2.24) is 9.97 Å². The van der Waals surface area contributed by atoms with E-state index in [0.29, 0.717) is 30.3 Å². The van der Waals surface area contributed by atoms with Crippen LogP contribution in [0.25, 0.3) is 0 Å². The summed E-state index contributed by atoms with van der Waals surface area (Å²) in [7, 11) is 3.28.